The number of benzene rings is 1. The van der Waals surface area contributed by atoms with Crippen molar-refractivity contribution < 1.29 is 10.2 Å². The van der Waals surface area contributed by atoms with E-state index in [1.807, 2.05) is 6.07 Å². The van der Waals surface area contributed by atoms with E-state index < -0.39 is 0 Å². The summed E-state index contributed by atoms with van der Waals surface area (Å²) >= 11 is 0. The summed E-state index contributed by atoms with van der Waals surface area (Å²) in [5, 5.41) is 20.2. The van der Waals surface area contributed by atoms with Crippen molar-refractivity contribution in [1.82, 2.24) is 0 Å². The van der Waals surface area contributed by atoms with Gasteiger partial charge in [-0.25, -0.2) is 0 Å². The Morgan fingerprint density at radius 3 is 2.32 bits per heavy atom. The van der Waals surface area contributed by atoms with Crippen molar-refractivity contribution >= 4 is 0 Å². The highest BCUT2D eigenvalue weighted by atomic mass is 16.3. The fraction of sp³-hybridized carbons (Fsp3) is 0.739. The van der Waals surface area contributed by atoms with Crippen LogP contribution in [0.4, 0.5) is 0 Å². The molecule has 0 unspecified atom stereocenters. The lowest BCUT2D eigenvalue weighted by molar-refractivity contribution is 0.309. The molecule has 1 aliphatic rings. The molecule has 0 spiro atoms. The molecule has 0 heterocycles. The normalized spacial score (nSPS) is 16.2. The first-order valence-corrected chi connectivity index (χ1v) is 10.3. The highest BCUT2D eigenvalue weighted by Crippen LogP contribution is 2.49. The average molecular weight is 347 g/mol. The van der Waals surface area contributed by atoms with Gasteiger partial charge >= 0.3 is 0 Å². The minimum Gasteiger partial charge on any atom is -0.504 e. The second-order valence-corrected chi connectivity index (χ2v) is 9.31. The van der Waals surface area contributed by atoms with E-state index in [1.54, 1.807) is 6.07 Å². The third-order valence-corrected chi connectivity index (χ3v) is 6.43. The fourth-order valence-corrected chi connectivity index (χ4v) is 3.59. The summed E-state index contributed by atoms with van der Waals surface area (Å²) in [7, 11) is 0. The van der Waals surface area contributed by atoms with Crippen LogP contribution >= 0.6 is 0 Å². The van der Waals surface area contributed by atoms with Crippen molar-refractivity contribution in [2.45, 2.75) is 98.3 Å². The first-order chi connectivity index (χ1) is 11.8. The first kappa shape index (κ1) is 20.1. The maximum absolute atomic E-state index is 10.3. The summed E-state index contributed by atoms with van der Waals surface area (Å²) in [6.45, 7) is 9.32. The average Bonchev–Trinajstić information content (AvgIpc) is 3.31. The number of aryl methyl sites for hydroxylation is 1. The van der Waals surface area contributed by atoms with Crippen LogP contribution < -0.4 is 0 Å². The van der Waals surface area contributed by atoms with Crippen LogP contribution in [0.3, 0.4) is 0 Å². The molecule has 142 valence electrons. The second kappa shape index (κ2) is 8.47. The Morgan fingerprint density at radius 2 is 1.68 bits per heavy atom. The number of hydrogen-bond donors (Lipinski definition) is 2. The van der Waals surface area contributed by atoms with Gasteiger partial charge in [0.05, 0.1) is 0 Å². The second-order valence-electron chi connectivity index (χ2n) is 9.31. The number of rotatable bonds is 11. The van der Waals surface area contributed by atoms with Gasteiger partial charge in [-0.3, -0.25) is 0 Å². The molecule has 1 aliphatic carbocycles. The summed E-state index contributed by atoms with van der Waals surface area (Å²) in [5.41, 5.74) is 3.24. The van der Waals surface area contributed by atoms with Crippen LogP contribution in [0.25, 0.3) is 0 Å². The zero-order chi connectivity index (χ0) is 18.5. The summed E-state index contributed by atoms with van der Waals surface area (Å²) in [6, 6.07) is 3.66. The lowest BCUT2D eigenvalue weighted by Crippen LogP contribution is -2.09. The van der Waals surface area contributed by atoms with Crippen molar-refractivity contribution in [2.24, 2.45) is 10.8 Å². The van der Waals surface area contributed by atoms with Crippen molar-refractivity contribution in [3.05, 3.63) is 23.3 Å². The standard InChI is InChI=1S/C23H38O2/c1-5-22(2,3)14-8-6-10-18-12-13-20(24)21(25)19(18)11-7-9-15-23(4)16-17-23/h12-13,24-25H,5-11,14-17H2,1-4H3. The molecule has 0 aliphatic heterocycles. The molecule has 1 aromatic rings. The molecule has 1 aromatic carbocycles. The van der Waals surface area contributed by atoms with E-state index in [9.17, 15) is 10.2 Å². The van der Waals surface area contributed by atoms with Gasteiger partial charge in [-0.1, -0.05) is 53.0 Å². The summed E-state index contributed by atoms with van der Waals surface area (Å²) < 4.78 is 0. The van der Waals surface area contributed by atoms with Crippen LogP contribution in [-0.4, -0.2) is 10.2 Å². The molecule has 0 saturated heterocycles. The van der Waals surface area contributed by atoms with Crippen LogP contribution in [0.5, 0.6) is 11.5 Å². The summed E-state index contributed by atoms with van der Waals surface area (Å²) in [5.74, 6) is 0.143. The van der Waals surface area contributed by atoms with Gasteiger partial charge in [0.2, 0.25) is 0 Å². The molecule has 0 atom stereocenters. The molecule has 1 saturated carbocycles. The maximum Gasteiger partial charge on any atom is 0.160 e. The predicted octanol–water partition coefficient (Wildman–Crippen LogP) is 6.76. The Hall–Kier alpha value is -1.18. The molecule has 0 amide bonds. The van der Waals surface area contributed by atoms with E-state index >= 15 is 0 Å². The van der Waals surface area contributed by atoms with E-state index in [1.165, 1.54) is 50.5 Å². The fourth-order valence-electron chi connectivity index (χ4n) is 3.59. The number of aromatic hydroxyl groups is 2. The number of hydrogen-bond acceptors (Lipinski definition) is 2. The minimum absolute atomic E-state index is 0.0278. The SMILES string of the molecule is CCC(C)(C)CCCCc1ccc(O)c(O)c1CCCCC1(C)CC1. The van der Waals surface area contributed by atoms with Gasteiger partial charge < -0.3 is 10.2 Å². The summed E-state index contributed by atoms with van der Waals surface area (Å²) in [6.07, 6.45) is 13.1. The third kappa shape index (κ3) is 6.24. The quantitative estimate of drug-likeness (QED) is 0.343. The summed E-state index contributed by atoms with van der Waals surface area (Å²) in [4.78, 5) is 0. The first-order valence-electron chi connectivity index (χ1n) is 10.3. The smallest absolute Gasteiger partial charge is 0.160 e. The molecule has 0 bridgehead atoms. The van der Waals surface area contributed by atoms with Crippen LogP contribution in [0.1, 0.15) is 96.6 Å². The molecule has 2 rings (SSSR count). The molecular weight excluding hydrogens is 308 g/mol. The van der Waals surface area contributed by atoms with Gasteiger partial charge in [-0.05, 0) is 73.8 Å². The zero-order valence-electron chi connectivity index (χ0n) is 16.8. The Bertz CT molecular complexity index is 555. The van der Waals surface area contributed by atoms with Crippen LogP contribution in [0, 0.1) is 10.8 Å². The van der Waals surface area contributed by atoms with Gasteiger partial charge in [0.15, 0.2) is 11.5 Å². The van der Waals surface area contributed by atoms with Gasteiger partial charge in [0.25, 0.3) is 0 Å². The van der Waals surface area contributed by atoms with Crippen LogP contribution in [0.15, 0.2) is 12.1 Å². The topological polar surface area (TPSA) is 40.5 Å². The Morgan fingerprint density at radius 1 is 1.00 bits per heavy atom. The van der Waals surface area contributed by atoms with Crippen molar-refractivity contribution in [1.29, 1.82) is 0 Å². The number of unbranched alkanes of at least 4 members (excludes halogenated alkanes) is 2. The molecular formula is C23H38O2. The highest BCUT2D eigenvalue weighted by molar-refractivity contribution is 5.49. The van der Waals surface area contributed by atoms with Gasteiger partial charge in [0, 0.05) is 5.56 Å². The minimum atomic E-state index is 0.0278. The predicted molar refractivity (Wildman–Crippen MR) is 106 cm³/mol. The molecule has 0 radical (unpaired) electrons. The monoisotopic (exact) mass is 346 g/mol. The third-order valence-electron chi connectivity index (χ3n) is 6.43. The van der Waals surface area contributed by atoms with E-state index in [0.717, 1.165) is 31.2 Å². The van der Waals surface area contributed by atoms with E-state index in [4.69, 9.17) is 0 Å². The largest absolute Gasteiger partial charge is 0.504 e. The Kier molecular flexibility index (Phi) is 6.82. The van der Waals surface area contributed by atoms with E-state index in [2.05, 4.69) is 27.7 Å². The van der Waals surface area contributed by atoms with Gasteiger partial charge in [-0.15, -0.1) is 0 Å². The van der Waals surface area contributed by atoms with Crippen LogP contribution in [-0.2, 0) is 12.8 Å². The van der Waals surface area contributed by atoms with Crippen molar-refractivity contribution in [2.75, 3.05) is 0 Å². The maximum atomic E-state index is 10.3. The molecule has 2 heteroatoms. The highest BCUT2D eigenvalue weighted by Gasteiger charge is 2.35. The Labute approximate surface area is 154 Å². The number of phenols is 2. The lowest BCUT2D eigenvalue weighted by Gasteiger charge is -2.22. The van der Waals surface area contributed by atoms with Gasteiger partial charge in [0.1, 0.15) is 0 Å². The number of phenolic OH excluding ortho intramolecular Hbond substituents is 2. The van der Waals surface area contributed by atoms with E-state index in [-0.39, 0.29) is 11.5 Å². The van der Waals surface area contributed by atoms with Crippen LogP contribution in [0.2, 0.25) is 0 Å². The zero-order valence-corrected chi connectivity index (χ0v) is 16.8. The molecule has 2 nitrogen and oxygen atoms in total. The van der Waals surface area contributed by atoms with Gasteiger partial charge in [-0.2, -0.15) is 0 Å². The molecule has 2 N–H and O–H groups in total. The molecule has 0 aromatic heterocycles. The molecule has 25 heavy (non-hydrogen) atoms. The Balaban J connectivity index is 1.87. The lowest BCUT2D eigenvalue weighted by atomic mass is 9.84. The van der Waals surface area contributed by atoms with Crippen molar-refractivity contribution in [3.63, 3.8) is 0 Å². The van der Waals surface area contributed by atoms with E-state index in [0.29, 0.717) is 10.8 Å². The molecule has 1 fully saturated rings. The van der Waals surface area contributed by atoms with Crippen molar-refractivity contribution in [3.8, 4) is 11.5 Å².